The predicted molar refractivity (Wildman–Crippen MR) is 30.6 cm³/mol. The van der Waals surface area contributed by atoms with Crippen LogP contribution in [0.15, 0.2) is 0 Å². The first kappa shape index (κ1) is 6.07. The second kappa shape index (κ2) is 2.05. The molecular formula is C5H8N2O2. The van der Waals surface area contributed by atoms with Gasteiger partial charge in [0.2, 0.25) is 11.8 Å². The van der Waals surface area contributed by atoms with Crippen LogP contribution in [0.3, 0.4) is 0 Å². The number of hydrogen-bond acceptors (Lipinski definition) is 2. The lowest BCUT2D eigenvalue weighted by Crippen LogP contribution is -2.61. The fourth-order valence-corrected chi connectivity index (χ4v) is 0.649. The van der Waals surface area contributed by atoms with Gasteiger partial charge in [-0.05, 0) is 0 Å². The molecule has 2 N–H and O–H groups in total. The Bertz CT molecular complexity index is 155. The van der Waals surface area contributed by atoms with Crippen LogP contribution >= 0.6 is 0 Å². The molecule has 0 aromatic rings. The van der Waals surface area contributed by atoms with Gasteiger partial charge in [0.1, 0.15) is 6.04 Å². The lowest BCUT2D eigenvalue weighted by Gasteiger charge is -2.25. The number of carbonyl (C=O) groups excluding carboxylic acids is 2. The summed E-state index contributed by atoms with van der Waals surface area (Å²) < 4.78 is 0. The van der Waals surface area contributed by atoms with Gasteiger partial charge in [0.05, 0.1) is 0 Å². The van der Waals surface area contributed by atoms with Crippen molar-refractivity contribution in [2.45, 2.75) is 13.0 Å². The minimum Gasteiger partial charge on any atom is -0.352 e. The lowest BCUT2D eigenvalue weighted by atomic mass is 10.1. The van der Waals surface area contributed by atoms with Crippen molar-refractivity contribution in [3.63, 3.8) is 0 Å². The summed E-state index contributed by atoms with van der Waals surface area (Å²) in [4.78, 5) is 20.7. The molecule has 1 heterocycles. The van der Waals surface area contributed by atoms with E-state index in [2.05, 4.69) is 10.6 Å². The number of amides is 2. The molecule has 1 aliphatic heterocycles. The molecular weight excluding hydrogens is 120 g/mol. The highest BCUT2D eigenvalue weighted by Gasteiger charge is 2.27. The maximum atomic E-state index is 10.4. The van der Waals surface area contributed by atoms with Gasteiger partial charge in [-0.15, -0.1) is 0 Å². The fourth-order valence-electron chi connectivity index (χ4n) is 0.649. The van der Waals surface area contributed by atoms with E-state index in [4.69, 9.17) is 0 Å². The largest absolute Gasteiger partial charge is 0.352 e. The molecule has 1 aliphatic rings. The molecule has 4 nitrogen and oxygen atoms in total. The topological polar surface area (TPSA) is 58.2 Å². The van der Waals surface area contributed by atoms with Crippen molar-refractivity contribution in [3.05, 3.63) is 0 Å². The van der Waals surface area contributed by atoms with Crippen molar-refractivity contribution in [1.29, 1.82) is 0 Å². The minimum absolute atomic E-state index is 0.0924. The zero-order valence-corrected chi connectivity index (χ0v) is 5.10. The highest BCUT2D eigenvalue weighted by atomic mass is 16.2. The summed E-state index contributed by atoms with van der Waals surface area (Å²) in [6, 6.07) is -0.275. The molecule has 50 valence electrons. The highest BCUT2D eigenvalue weighted by Crippen LogP contribution is 1.91. The minimum atomic E-state index is -0.275. The van der Waals surface area contributed by atoms with Gasteiger partial charge in [-0.3, -0.25) is 9.59 Å². The zero-order valence-electron chi connectivity index (χ0n) is 5.10. The van der Waals surface area contributed by atoms with Crippen LogP contribution in [-0.4, -0.2) is 24.4 Å². The van der Waals surface area contributed by atoms with Gasteiger partial charge in [-0.25, -0.2) is 0 Å². The molecule has 0 radical (unpaired) electrons. The lowest BCUT2D eigenvalue weighted by molar-refractivity contribution is -0.132. The molecule has 1 atom stereocenters. The van der Waals surface area contributed by atoms with E-state index in [-0.39, 0.29) is 17.9 Å². The normalized spacial score (nSPS) is 24.1. The van der Waals surface area contributed by atoms with Crippen LogP contribution in [0.4, 0.5) is 0 Å². The third-order valence-corrected chi connectivity index (χ3v) is 1.17. The van der Waals surface area contributed by atoms with Crippen LogP contribution in [0.1, 0.15) is 6.92 Å². The van der Waals surface area contributed by atoms with E-state index in [1.165, 1.54) is 6.92 Å². The molecule has 9 heavy (non-hydrogen) atoms. The summed E-state index contributed by atoms with van der Waals surface area (Å²) in [5.74, 6) is -0.250. The summed E-state index contributed by atoms with van der Waals surface area (Å²) in [5.41, 5.74) is 0. The predicted octanol–water partition coefficient (Wildman–Crippen LogP) is -1.38. The Hall–Kier alpha value is -1.06. The molecule has 2 amide bonds. The molecule has 0 bridgehead atoms. The fraction of sp³-hybridized carbons (Fsp3) is 0.600. The number of rotatable bonds is 1. The Labute approximate surface area is 52.6 Å². The molecule has 1 saturated heterocycles. The average Bonchev–Trinajstić information content (AvgIpc) is 1.79. The van der Waals surface area contributed by atoms with Gasteiger partial charge < -0.3 is 10.6 Å². The van der Waals surface area contributed by atoms with Gasteiger partial charge in [0.15, 0.2) is 0 Å². The van der Waals surface area contributed by atoms with E-state index in [1.807, 2.05) is 0 Å². The Balaban J connectivity index is 2.29. The second-order valence-electron chi connectivity index (χ2n) is 2.00. The molecule has 0 saturated carbocycles. The first-order valence-electron chi connectivity index (χ1n) is 2.75. The van der Waals surface area contributed by atoms with Gasteiger partial charge in [0.25, 0.3) is 0 Å². The van der Waals surface area contributed by atoms with Crippen molar-refractivity contribution >= 4 is 11.8 Å². The molecule has 0 aliphatic carbocycles. The molecule has 1 fully saturated rings. The molecule has 0 spiro atoms. The van der Waals surface area contributed by atoms with Crippen molar-refractivity contribution in [2.75, 3.05) is 6.54 Å². The van der Waals surface area contributed by atoms with Crippen LogP contribution < -0.4 is 10.6 Å². The molecule has 1 rings (SSSR count). The SMILES string of the molecule is CC(=O)N[C@H]1CNC1=O. The molecule has 0 aromatic heterocycles. The summed E-state index contributed by atoms with van der Waals surface area (Å²) in [5, 5.41) is 4.99. The first-order valence-corrected chi connectivity index (χ1v) is 2.75. The molecule has 4 heteroatoms. The van der Waals surface area contributed by atoms with E-state index in [0.717, 1.165) is 0 Å². The number of carbonyl (C=O) groups is 2. The van der Waals surface area contributed by atoms with Crippen molar-refractivity contribution in [2.24, 2.45) is 0 Å². The third kappa shape index (κ3) is 1.19. The van der Waals surface area contributed by atoms with Crippen LogP contribution in [0.2, 0.25) is 0 Å². The van der Waals surface area contributed by atoms with Gasteiger partial charge >= 0.3 is 0 Å². The zero-order chi connectivity index (χ0) is 6.85. The standard InChI is InChI=1S/C5H8N2O2/c1-3(8)7-4-2-6-5(4)9/h4H,2H2,1H3,(H,6,9)(H,7,8)/t4-/m0/s1. The summed E-state index contributed by atoms with van der Waals surface area (Å²) in [6.45, 7) is 1.96. The van der Waals surface area contributed by atoms with Crippen LogP contribution in [0.5, 0.6) is 0 Å². The molecule has 0 aromatic carbocycles. The van der Waals surface area contributed by atoms with Gasteiger partial charge in [-0.1, -0.05) is 0 Å². The smallest absolute Gasteiger partial charge is 0.244 e. The first-order chi connectivity index (χ1) is 4.20. The van der Waals surface area contributed by atoms with E-state index in [0.29, 0.717) is 6.54 Å². The van der Waals surface area contributed by atoms with E-state index < -0.39 is 0 Å². The monoisotopic (exact) mass is 128 g/mol. The number of nitrogens with one attached hydrogen (secondary N) is 2. The average molecular weight is 128 g/mol. The Morgan fingerprint density at radius 2 is 2.56 bits per heavy atom. The van der Waals surface area contributed by atoms with Crippen molar-refractivity contribution < 1.29 is 9.59 Å². The quantitative estimate of drug-likeness (QED) is 0.428. The maximum absolute atomic E-state index is 10.4. The van der Waals surface area contributed by atoms with Crippen molar-refractivity contribution in [1.82, 2.24) is 10.6 Å². The summed E-state index contributed by atoms with van der Waals surface area (Å²) in [7, 11) is 0. The molecule has 0 unspecified atom stereocenters. The van der Waals surface area contributed by atoms with Crippen LogP contribution in [-0.2, 0) is 9.59 Å². The van der Waals surface area contributed by atoms with Crippen LogP contribution in [0, 0.1) is 0 Å². The maximum Gasteiger partial charge on any atom is 0.244 e. The van der Waals surface area contributed by atoms with E-state index in [1.54, 1.807) is 0 Å². The highest BCUT2D eigenvalue weighted by molar-refractivity contribution is 5.91. The Kier molecular flexibility index (Phi) is 1.38. The van der Waals surface area contributed by atoms with Crippen LogP contribution in [0.25, 0.3) is 0 Å². The summed E-state index contributed by atoms with van der Waals surface area (Å²) >= 11 is 0. The van der Waals surface area contributed by atoms with E-state index >= 15 is 0 Å². The third-order valence-electron chi connectivity index (χ3n) is 1.17. The Morgan fingerprint density at radius 3 is 2.67 bits per heavy atom. The van der Waals surface area contributed by atoms with Gasteiger partial charge in [0, 0.05) is 13.5 Å². The van der Waals surface area contributed by atoms with Crippen molar-refractivity contribution in [3.8, 4) is 0 Å². The summed E-state index contributed by atoms with van der Waals surface area (Å²) in [6.07, 6.45) is 0. The second-order valence-corrected chi connectivity index (χ2v) is 2.00. The number of hydrogen-bond donors (Lipinski definition) is 2. The number of β-lactam (4-membered cyclic amide) rings is 1. The Morgan fingerprint density at radius 1 is 1.89 bits per heavy atom. The van der Waals surface area contributed by atoms with Gasteiger partial charge in [-0.2, -0.15) is 0 Å². The van der Waals surface area contributed by atoms with E-state index in [9.17, 15) is 9.59 Å².